The third-order valence-corrected chi connectivity index (χ3v) is 6.24. The quantitative estimate of drug-likeness (QED) is 0.278. The predicted molar refractivity (Wildman–Crippen MR) is 145 cm³/mol. The largest absolute Gasteiger partial charge is 0.467 e. The molecule has 0 aliphatic rings. The molecule has 3 aromatic carbocycles. The number of esters is 1. The highest BCUT2D eigenvalue weighted by Gasteiger charge is 2.23. The van der Waals surface area contributed by atoms with Crippen LogP contribution in [0.2, 0.25) is 5.02 Å². The van der Waals surface area contributed by atoms with Gasteiger partial charge in [0.2, 0.25) is 0 Å². The number of rotatable bonds is 12. The normalized spacial score (nSPS) is 11.8. The van der Waals surface area contributed by atoms with E-state index in [0.29, 0.717) is 17.0 Å². The van der Waals surface area contributed by atoms with E-state index in [9.17, 15) is 9.59 Å². The lowest BCUT2D eigenvalue weighted by Crippen LogP contribution is -2.43. The minimum Gasteiger partial charge on any atom is -0.467 e. The molecule has 0 unspecified atom stereocenters. The van der Waals surface area contributed by atoms with Crippen LogP contribution in [0.25, 0.3) is 11.1 Å². The molecule has 6 nitrogen and oxygen atoms in total. The summed E-state index contributed by atoms with van der Waals surface area (Å²) in [7, 11) is 5.48. The van der Waals surface area contributed by atoms with E-state index in [4.69, 9.17) is 16.3 Å². The molecule has 0 aromatic heterocycles. The number of methoxy groups -OCH3 is 1. The molecule has 0 bridgehead atoms. The van der Waals surface area contributed by atoms with Gasteiger partial charge >= 0.3 is 5.97 Å². The van der Waals surface area contributed by atoms with Gasteiger partial charge in [0.15, 0.2) is 0 Å². The predicted octanol–water partition coefficient (Wildman–Crippen LogP) is 4.56. The number of carbonyl (C=O) groups is 2. The number of amides is 1. The molecule has 0 saturated heterocycles. The Labute approximate surface area is 218 Å². The van der Waals surface area contributed by atoms with E-state index in [1.807, 2.05) is 30.3 Å². The number of hydrogen-bond acceptors (Lipinski definition) is 5. The van der Waals surface area contributed by atoms with Crippen molar-refractivity contribution in [2.24, 2.45) is 0 Å². The minimum atomic E-state index is -0.830. The second kappa shape index (κ2) is 13.8. The van der Waals surface area contributed by atoms with Crippen molar-refractivity contribution in [1.82, 2.24) is 15.5 Å². The first kappa shape index (κ1) is 27.4. The Hall–Kier alpha value is -3.19. The van der Waals surface area contributed by atoms with Crippen molar-refractivity contribution in [2.45, 2.75) is 25.4 Å². The highest BCUT2D eigenvalue weighted by molar-refractivity contribution is 6.33. The van der Waals surface area contributed by atoms with Crippen molar-refractivity contribution in [3.05, 3.63) is 94.5 Å². The minimum absolute atomic E-state index is 0.304. The topological polar surface area (TPSA) is 70.7 Å². The standard InChI is InChI=1S/C29H34ClN3O3/c1-33(2)18-8-17-31-20-23-9-4-5-10-24(23)22-15-13-21(14-16-22)19-27(29(35)36-3)32-28(34)25-11-6-7-12-26(25)30/h4-7,9-16,27,31H,8,17-20H2,1-3H3,(H,32,34)/t27-/m0/s1. The average Bonchev–Trinajstić information content (AvgIpc) is 2.88. The van der Waals surface area contributed by atoms with Gasteiger partial charge in [-0.1, -0.05) is 72.3 Å². The van der Waals surface area contributed by atoms with Crippen LogP contribution in [0.4, 0.5) is 0 Å². The molecule has 2 N–H and O–H groups in total. The molecule has 0 radical (unpaired) electrons. The Balaban J connectivity index is 1.68. The second-order valence-electron chi connectivity index (χ2n) is 8.92. The first-order valence-corrected chi connectivity index (χ1v) is 12.4. The van der Waals surface area contributed by atoms with E-state index in [0.717, 1.165) is 37.2 Å². The molecule has 1 amide bonds. The van der Waals surface area contributed by atoms with E-state index in [2.05, 4.69) is 47.8 Å². The summed E-state index contributed by atoms with van der Waals surface area (Å²) in [5.74, 6) is -0.926. The summed E-state index contributed by atoms with van der Waals surface area (Å²) >= 11 is 6.14. The van der Waals surface area contributed by atoms with Crippen molar-refractivity contribution < 1.29 is 14.3 Å². The van der Waals surface area contributed by atoms with E-state index in [1.165, 1.54) is 18.2 Å². The number of carbonyl (C=O) groups excluding carboxylic acids is 2. The first-order valence-electron chi connectivity index (χ1n) is 12.0. The zero-order chi connectivity index (χ0) is 25.9. The van der Waals surface area contributed by atoms with Crippen LogP contribution in [0.3, 0.4) is 0 Å². The summed E-state index contributed by atoms with van der Waals surface area (Å²) in [4.78, 5) is 27.3. The smallest absolute Gasteiger partial charge is 0.328 e. The van der Waals surface area contributed by atoms with Crippen molar-refractivity contribution in [2.75, 3.05) is 34.3 Å². The molecule has 0 saturated carbocycles. The number of benzene rings is 3. The summed E-state index contributed by atoms with van der Waals surface area (Å²) in [6.07, 6.45) is 1.40. The third kappa shape index (κ3) is 7.92. The molecular formula is C29H34ClN3O3. The van der Waals surface area contributed by atoms with E-state index >= 15 is 0 Å². The summed E-state index contributed by atoms with van der Waals surface area (Å²) in [6, 6.07) is 22.3. The molecule has 0 spiro atoms. The maximum Gasteiger partial charge on any atom is 0.328 e. The van der Waals surface area contributed by atoms with Crippen molar-refractivity contribution in [3.63, 3.8) is 0 Å². The summed E-state index contributed by atoms with van der Waals surface area (Å²) in [6.45, 7) is 2.81. The SMILES string of the molecule is COC(=O)[C@H](Cc1ccc(-c2ccccc2CNCCCN(C)C)cc1)NC(=O)c1ccccc1Cl. The Morgan fingerprint density at radius 2 is 1.67 bits per heavy atom. The van der Waals surface area contributed by atoms with Crippen molar-refractivity contribution in [1.29, 1.82) is 0 Å². The van der Waals surface area contributed by atoms with Crippen molar-refractivity contribution >= 4 is 23.5 Å². The lowest BCUT2D eigenvalue weighted by Gasteiger charge is -2.17. The van der Waals surface area contributed by atoms with Gasteiger partial charge in [0.05, 0.1) is 17.7 Å². The maximum absolute atomic E-state index is 12.7. The van der Waals surface area contributed by atoms with Crippen LogP contribution in [0, 0.1) is 0 Å². The highest BCUT2D eigenvalue weighted by atomic mass is 35.5. The van der Waals surface area contributed by atoms with E-state index < -0.39 is 17.9 Å². The fourth-order valence-electron chi connectivity index (χ4n) is 3.97. The van der Waals surface area contributed by atoms with Gasteiger partial charge in [-0.3, -0.25) is 4.79 Å². The molecule has 3 aromatic rings. The number of nitrogens with one attached hydrogen (secondary N) is 2. The Kier molecular flexibility index (Phi) is 10.5. The lowest BCUT2D eigenvalue weighted by atomic mass is 9.97. The van der Waals surface area contributed by atoms with Gasteiger partial charge in [-0.2, -0.15) is 0 Å². The molecule has 0 aliphatic carbocycles. The van der Waals surface area contributed by atoms with Gasteiger partial charge in [-0.05, 0) is 68.0 Å². The second-order valence-corrected chi connectivity index (χ2v) is 9.33. The van der Waals surface area contributed by atoms with Crippen LogP contribution in [-0.4, -0.2) is 57.1 Å². The fourth-order valence-corrected chi connectivity index (χ4v) is 4.19. The van der Waals surface area contributed by atoms with E-state index in [1.54, 1.807) is 24.3 Å². The van der Waals surface area contributed by atoms with Crippen molar-refractivity contribution in [3.8, 4) is 11.1 Å². The average molecular weight is 508 g/mol. The Morgan fingerprint density at radius 3 is 2.36 bits per heavy atom. The first-order chi connectivity index (χ1) is 17.4. The molecule has 7 heteroatoms. The zero-order valence-electron chi connectivity index (χ0n) is 21.1. The van der Waals surface area contributed by atoms with E-state index in [-0.39, 0.29) is 0 Å². The highest BCUT2D eigenvalue weighted by Crippen LogP contribution is 2.24. The van der Waals surface area contributed by atoms with Gasteiger partial charge in [0.1, 0.15) is 6.04 Å². The molecule has 1 atom stereocenters. The Morgan fingerprint density at radius 1 is 0.972 bits per heavy atom. The molecular weight excluding hydrogens is 474 g/mol. The molecule has 3 rings (SSSR count). The fraction of sp³-hybridized carbons (Fsp3) is 0.310. The number of halogens is 1. The monoisotopic (exact) mass is 507 g/mol. The number of hydrogen-bond donors (Lipinski definition) is 2. The lowest BCUT2D eigenvalue weighted by molar-refractivity contribution is -0.142. The molecule has 0 heterocycles. The van der Waals surface area contributed by atoms with Crippen LogP contribution in [0.5, 0.6) is 0 Å². The molecule has 190 valence electrons. The van der Waals surface area contributed by atoms with Gasteiger partial charge in [-0.25, -0.2) is 4.79 Å². The van der Waals surface area contributed by atoms with Gasteiger partial charge in [0, 0.05) is 13.0 Å². The van der Waals surface area contributed by atoms with Crippen LogP contribution < -0.4 is 10.6 Å². The summed E-state index contributed by atoms with van der Waals surface area (Å²) in [5, 5.41) is 6.62. The summed E-state index contributed by atoms with van der Waals surface area (Å²) in [5.41, 5.74) is 4.72. The molecule has 0 fully saturated rings. The number of nitrogens with zero attached hydrogens (tertiary/aromatic N) is 1. The molecule has 0 aliphatic heterocycles. The van der Waals surface area contributed by atoms with Crippen LogP contribution in [0.15, 0.2) is 72.8 Å². The van der Waals surface area contributed by atoms with Gasteiger partial charge in [0.25, 0.3) is 5.91 Å². The Bertz CT molecular complexity index is 1150. The summed E-state index contributed by atoms with van der Waals surface area (Å²) < 4.78 is 4.93. The maximum atomic E-state index is 12.7. The van der Waals surface area contributed by atoms with Gasteiger partial charge in [-0.15, -0.1) is 0 Å². The van der Waals surface area contributed by atoms with Crippen LogP contribution in [-0.2, 0) is 22.5 Å². The van der Waals surface area contributed by atoms with Crippen LogP contribution >= 0.6 is 11.6 Å². The van der Waals surface area contributed by atoms with Crippen LogP contribution in [0.1, 0.15) is 27.9 Å². The number of ether oxygens (including phenoxy) is 1. The molecule has 36 heavy (non-hydrogen) atoms. The zero-order valence-corrected chi connectivity index (χ0v) is 21.8. The van der Waals surface area contributed by atoms with Gasteiger partial charge < -0.3 is 20.3 Å². The third-order valence-electron chi connectivity index (χ3n) is 5.91.